The zero-order valence-corrected chi connectivity index (χ0v) is 7.11. The Bertz CT molecular complexity index is 296. The van der Waals surface area contributed by atoms with E-state index in [0.29, 0.717) is 5.75 Å². The summed E-state index contributed by atoms with van der Waals surface area (Å²) in [6.07, 6.45) is 0. The molecule has 0 spiro atoms. The summed E-state index contributed by atoms with van der Waals surface area (Å²) in [4.78, 5) is 4.90. The largest absolute Gasteiger partial charge is 0.338 e. The number of nitrogens with two attached hydrogens (primary N) is 1. The van der Waals surface area contributed by atoms with Gasteiger partial charge in [-0.25, -0.2) is 0 Å². The maximum absolute atomic E-state index is 4.90. The van der Waals surface area contributed by atoms with Gasteiger partial charge in [-0.05, 0) is 36.3 Å². The van der Waals surface area contributed by atoms with Crippen molar-refractivity contribution in [2.75, 3.05) is 0 Å². The molecule has 4 heteroatoms. The number of nitrogens with zero attached hydrogens (tertiary/aromatic N) is 2. The Kier molecular flexibility index (Phi) is 2.63. The molecule has 0 aromatic heterocycles. The number of hydrogen-bond donors (Lipinski definition) is 1. The lowest BCUT2D eigenvalue weighted by Gasteiger charge is -2.03. The van der Waals surface area contributed by atoms with Crippen LogP contribution in [0.5, 0.6) is 5.75 Å². The summed E-state index contributed by atoms with van der Waals surface area (Å²) in [7, 11) is 0. The third-order valence-corrected chi connectivity index (χ3v) is 1.74. The van der Waals surface area contributed by atoms with Crippen LogP contribution in [0.1, 0.15) is 11.1 Å². The molecular weight excluding hydrogens is 154 g/mol. The quantitative estimate of drug-likeness (QED) is 0.413. The summed E-state index contributed by atoms with van der Waals surface area (Å²) in [5, 5.41) is 6.25. The fourth-order valence-electron chi connectivity index (χ4n) is 0.891. The maximum Gasteiger partial charge on any atom is 0.163 e. The fraction of sp³-hybridized carbons (Fsp3) is 0.250. The first-order valence-electron chi connectivity index (χ1n) is 3.59. The Morgan fingerprint density at radius 1 is 1.33 bits per heavy atom. The van der Waals surface area contributed by atoms with Crippen LogP contribution in [0.4, 0.5) is 0 Å². The van der Waals surface area contributed by atoms with E-state index < -0.39 is 0 Å². The average molecular weight is 165 g/mol. The maximum atomic E-state index is 4.90. The van der Waals surface area contributed by atoms with Crippen molar-refractivity contribution in [3.05, 3.63) is 29.3 Å². The fourth-order valence-corrected chi connectivity index (χ4v) is 0.891. The first-order chi connectivity index (χ1) is 5.75. The molecule has 1 aromatic rings. The van der Waals surface area contributed by atoms with Crippen molar-refractivity contribution < 1.29 is 4.84 Å². The van der Waals surface area contributed by atoms with Gasteiger partial charge in [0.1, 0.15) is 0 Å². The summed E-state index contributed by atoms with van der Waals surface area (Å²) >= 11 is 0. The first kappa shape index (κ1) is 8.52. The Morgan fingerprint density at radius 3 is 2.75 bits per heavy atom. The highest BCUT2D eigenvalue weighted by Gasteiger charge is 2.00. The van der Waals surface area contributed by atoms with Gasteiger partial charge in [-0.15, -0.1) is 0 Å². The van der Waals surface area contributed by atoms with Crippen molar-refractivity contribution in [1.29, 1.82) is 0 Å². The molecule has 0 aliphatic carbocycles. The van der Waals surface area contributed by atoms with Crippen LogP contribution in [0, 0.1) is 13.8 Å². The Balaban J connectivity index is 2.92. The van der Waals surface area contributed by atoms with Crippen LogP contribution in [0.2, 0.25) is 0 Å². The lowest BCUT2D eigenvalue weighted by molar-refractivity contribution is 0.303. The second-order valence-corrected chi connectivity index (χ2v) is 2.49. The number of hydrogen-bond acceptors (Lipinski definition) is 3. The molecular formula is C8H11N3O. The van der Waals surface area contributed by atoms with Crippen molar-refractivity contribution >= 4 is 0 Å². The molecule has 64 valence electrons. The van der Waals surface area contributed by atoms with Crippen molar-refractivity contribution in [1.82, 2.24) is 0 Å². The molecule has 4 nitrogen and oxygen atoms in total. The van der Waals surface area contributed by atoms with Gasteiger partial charge in [0.25, 0.3) is 0 Å². The Labute approximate surface area is 71.0 Å². The summed E-state index contributed by atoms with van der Waals surface area (Å²) in [6.45, 7) is 3.96. The third kappa shape index (κ3) is 1.72. The smallest absolute Gasteiger partial charge is 0.163 e. The van der Waals surface area contributed by atoms with Crippen LogP contribution in [-0.2, 0) is 0 Å². The molecule has 0 atom stereocenters. The van der Waals surface area contributed by atoms with Gasteiger partial charge in [0.2, 0.25) is 0 Å². The molecule has 0 unspecified atom stereocenters. The summed E-state index contributed by atoms with van der Waals surface area (Å²) < 4.78 is 0. The van der Waals surface area contributed by atoms with Gasteiger partial charge >= 0.3 is 0 Å². The molecule has 0 saturated heterocycles. The zero-order chi connectivity index (χ0) is 8.97. The van der Waals surface area contributed by atoms with Crippen LogP contribution in [0.25, 0.3) is 0 Å². The van der Waals surface area contributed by atoms with Gasteiger partial charge in [0, 0.05) is 0 Å². The summed E-state index contributed by atoms with van der Waals surface area (Å²) in [5.74, 6) is 5.48. The van der Waals surface area contributed by atoms with Gasteiger partial charge in [0.05, 0.1) is 5.28 Å². The Hall–Kier alpha value is -1.58. The predicted octanol–water partition coefficient (Wildman–Crippen LogP) is 1.92. The van der Waals surface area contributed by atoms with Crippen LogP contribution >= 0.6 is 0 Å². The normalized spacial score (nSPS) is 10.5. The molecule has 12 heavy (non-hydrogen) atoms. The van der Waals surface area contributed by atoms with E-state index in [1.165, 1.54) is 0 Å². The standard InChI is InChI=1S/C8H11N3O/c1-6-4-3-5-8(7(6)2)12-11-10-9/h3-5H,1-2H3,(H2,9,11). The second-order valence-electron chi connectivity index (χ2n) is 2.49. The Morgan fingerprint density at radius 2 is 2.08 bits per heavy atom. The summed E-state index contributed by atoms with van der Waals surface area (Å²) in [5.41, 5.74) is 2.20. The van der Waals surface area contributed by atoms with Crippen molar-refractivity contribution in [2.24, 2.45) is 16.3 Å². The minimum Gasteiger partial charge on any atom is -0.338 e. The minimum atomic E-state index is 0.684. The zero-order valence-electron chi connectivity index (χ0n) is 7.11. The summed E-state index contributed by atoms with van der Waals surface area (Å²) in [6, 6.07) is 5.71. The van der Waals surface area contributed by atoms with E-state index in [4.69, 9.17) is 10.7 Å². The number of aryl methyl sites for hydroxylation is 1. The molecule has 1 aromatic carbocycles. The topological polar surface area (TPSA) is 60.0 Å². The van der Waals surface area contributed by atoms with Gasteiger partial charge in [-0.2, -0.15) is 0 Å². The van der Waals surface area contributed by atoms with Gasteiger partial charge in [-0.1, -0.05) is 12.1 Å². The van der Waals surface area contributed by atoms with E-state index in [9.17, 15) is 0 Å². The second kappa shape index (κ2) is 3.71. The molecule has 0 heterocycles. The highest BCUT2D eigenvalue weighted by molar-refractivity contribution is 5.37. The lowest BCUT2D eigenvalue weighted by atomic mass is 10.1. The van der Waals surface area contributed by atoms with Crippen LogP contribution in [0.15, 0.2) is 28.7 Å². The average Bonchev–Trinajstić information content (AvgIpc) is 2.08. The SMILES string of the molecule is Cc1cccc(ON=NN)c1C. The van der Waals surface area contributed by atoms with Gasteiger partial charge in [-0.3, -0.25) is 0 Å². The van der Waals surface area contributed by atoms with Crippen molar-refractivity contribution in [2.45, 2.75) is 13.8 Å². The molecule has 0 fully saturated rings. The predicted molar refractivity (Wildman–Crippen MR) is 45.6 cm³/mol. The highest BCUT2D eigenvalue weighted by Crippen LogP contribution is 2.20. The first-order valence-corrected chi connectivity index (χ1v) is 3.59. The molecule has 0 saturated carbocycles. The molecule has 0 bridgehead atoms. The molecule has 0 aliphatic rings. The van der Waals surface area contributed by atoms with E-state index >= 15 is 0 Å². The van der Waals surface area contributed by atoms with E-state index in [-0.39, 0.29) is 0 Å². The molecule has 0 amide bonds. The van der Waals surface area contributed by atoms with Gasteiger partial charge < -0.3 is 10.7 Å². The molecule has 2 N–H and O–H groups in total. The third-order valence-electron chi connectivity index (χ3n) is 1.74. The molecule has 0 aliphatic heterocycles. The van der Waals surface area contributed by atoms with E-state index in [2.05, 4.69) is 10.5 Å². The van der Waals surface area contributed by atoms with Crippen molar-refractivity contribution in [3.8, 4) is 5.75 Å². The molecule has 1 rings (SSSR count). The van der Waals surface area contributed by atoms with E-state index in [1.54, 1.807) is 0 Å². The van der Waals surface area contributed by atoms with E-state index in [0.717, 1.165) is 11.1 Å². The lowest BCUT2D eigenvalue weighted by Crippen LogP contribution is -1.89. The van der Waals surface area contributed by atoms with Gasteiger partial charge in [0.15, 0.2) is 5.75 Å². The van der Waals surface area contributed by atoms with Crippen LogP contribution in [-0.4, -0.2) is 0 Å². The van der Waals surface area contributed by atoms with Crippen molar-refractivity contribution in [3.63, 3.8) is 0 Å². The number of rotatable bonds is 2. The molecule has 0 radical (unpaired) electrons. The van der Waals surface area contributed by atoms with Crippen LogP contribution in [0.3, 0.4) is 0 Å². The number of benzene rings is 1. The van der Waals surface area contributed by atoms with Crippen LogP contribution < -0.4 is 10.7 Å². The van der Waals surface area contributed by atoms with E-state index in [1.807, 2.05) is 32.0 Å². The monoisotopic (exact) mass is 165 g/mol. The highest BCUT2D eigenvalue weighted by atomic mass is 16.6. The minimum absolute atomic E-state index is 0.684.